The molecule has 12 heteroatoms. The van der Waals surface area contributed by atoms with Crippen molar-refractivity contribution in [3.8, 4) is 0 Å². The molecule has 3 aromatic rings. The number of aliphatic hydroxyl groups excluding tert-OH is 1. The van der Waals surface area contributed by atoms with E-state index in [-0.39, 0.29) is 36.0 Å². The van der Waals surface area contributed by atoms with Gasteiger partial charge in [0.1, 0.15) is 11.6 Å². The van der Waals surface area contributed by atoms with Gasteiger partial charge in [-0.05, 0) is 48.6 Å². The van der Waals surface area contributed by atoms with Crippen molar-refractivity contribution in [1.29, 1.82) is 0 Å². The molecule has 0 bridgehead atoms. The van der Waals surface area contributed by atoms with Gasteiger partial charge in [-0.1, -0.05) is 26.0 Å². The molecule has 4 rings (SSSR count). The highest BCUT2D eigenvalue weighted by atomic mass is 32.2. The van der Waals surface area contributed by atoms with Gasteiger partial charge in [0.25, 0.3) is 16.0 Å². The molecule has 1 aliphatic heterocycles. The number of fused-ring (bicyclic) bond motifs is 1. The molecule has 0 saturated carbocycles. The highest BCUT2D eigenvalue weighted by molar-refractivity contribution is 7.92. The van der Waals surface area contributed by atoms with Gasteiger partial charge < -0.3 is 30.0 Å². The van der Waals surface area contributed by atoms with Gasteiger partial charge >= 0.3 is 6.09 Å². The molecule has 0 spiro atoms. The number of aryl methyl sites for hydroxylation is 1. The Morgan fingerprint density at radius 1 is 1.29 bits per heavy atom. The molecular weight excluding hydrogens is 512 g/mol. The summed E-state index contributed by atoms with van der Waals surface area (Å²) in [5, 5.41) is 12.9. The fourth-order valence-electron chi connectivity index (χ4n) is 4.19. The zero-order valence-corrected chi connectivity index (χ0v) is 22.3. The molecule has 1 aromatic heterocycles. The topological polar surface area (TPSA) is 157 Å². The summed E-state index contributed by atoms with van der Waals surface area (Å²) in [5.74, 6) is 0.0570. The minimum atomic E-state index is -3.92. The maximum absolute atomic E-state index is 13.7. The van der Waals surface area contributed by atoms with Crippen LogP contribution in [0.5, 0.6) is 0 Å². The highest BCUT2D eigenvalue weighted by Crippen LogP contribution is 2.29. The second-order valence-electron chi connectivity index (χ2n) is 9.75. The third-order valence-corrected chi connectivity index (χ3v) is 7.89. The Hall–Kier alpha value is -3.35. The Morgan fingerprint density at radius 3 is 2.84 bits per heavy atom. The number of nitrogens with zero attached hydrogens (tertiary/aromatic N) is 2. The van der Waals surface area contributed by atoms with Gasteiger partial charge in [0.2, 0.25) is 0 Å². The van der Waals surface area contributed by atoms with Gasteiger partial charge in [0.15, 0.2) is 5.58 Å². The first-order valence-corrected chi connectivity index (χ1v) is 14.0. The van der Waals surface area contributed by atoms with Crippen LogP contribution >= 0.6 is 0 Å². The number of oxazole rings is 1. The van der Waals surface area contributed by atoms with Crippen LogP contribution in [0.15, 0.2) is 51.8 Å². The van der Waals surface area contributed by atoms with Crippen molar-refractivity contribution in [2.45, 2.75) is 50.2 Å². The summed E-state index contributed by atoms with van der Waals surface area (Å²) >= 11 is 0. The van der Waals surface area contributed by atoms with Crippen molar-refractivity contribution < 1.29 is 32.2 Å². The first-order valence-electron chi connectivity index (χ1n) is 12.6. The zero-order chi connectivity index (χ0) is 27.3. The number of carbonyl (C=O) groups is 1. The molecule has 0 radical (unpaired) electrons. The third-order valence-electron chi connectivity index (χ3n) is 6.10. The Kier molecular flexibility index (Phi) is 8.75. The average molecular weight is 547 g/mol. The van der Waals surface area contributed by atoms with Crippen LogP contribution in [-0.4, -0.2) is 63.1 Å². The number of rotatable bonds is 11. The molecular formula is C26H34N4O7S. The molecule has 1 saturated heterocycles. The van der Waals surface area contributed by atoms with E-state index < -0.39 is 22.2 Å². The highest BCUT2D eigenvalue weighted by Gasteiger charge is 2.27. The summed E-state index contributed by atoms with van der Waals surface area (Å²) < 4.78 is 44.5. The first kappa shape index (κ1) is 27.7. The van der Waals surface area contributed by atoms with Gasteiger partial charge in [0.05, 0.1) is 29.9 Å². The monoisotopic (exact) mass is 546 g/mol. The van der Waals surface area contributed by atoms with E-state index in [4.69, 9.17) is 19.6 Å². The smallest absolute Gasteiger partial charge is 0.407 e. The van der Waals surface area contributed by atoms with Gasteiger partial charge in [0, 0.05) is 25.6 Å². The number of ether oxygens (including phenoxy) is 2. The summed E-state index contributed by atoms with van der Waals surface area (Å²) in [6.45, 7) is 5.17. The van der Waals surface area contributed by atoms with E-state index in [1.165, 1.54) is 16.4 Å². The number of aromatic nitrogens is 1. The third kappa shape index (κ3) is 6.94. The van der Waals surface area contributed by atoms with Crippen LogP contribution in [-0.2, 0) is 25.9 Å². The molecule has 4 N–H and O–H groups in total. The lowest BCUT2D eigenvalue weighted by atomic mass is 10.1. The van der Waals surface area contributed by atoms with Crippen LogP contribution in [0.1, 0.15) is 32.3 Å². The quantitative estimate of drug-likeness (QED) is 0.329. The number of sulfonamides is 1. The summed E-state index contributed by atoms with van der Waals surface area (Å²) in [5.41, 5.74) is 7.76. The number of hydrogen-bond acceptors (Lipinski definition) is 9. The van der Waals surface area contributed by atoms with E-state index in [0.29, 0.717) is 49.3 Å². The van der Waals surface area contributed by atoms with E-state index in [9.17, 15) is 18.3 Å². The number of benzene rings is 2. The number of alkyl carbamates (subject to hydrolysis) is 1. The number of hydrogen-bond donors (Lipinski definition) is 3. The molecule has 1 fully saturated rings. The largest absolute Gasteiger partial charge is 0.444 e. The van der Waals surface area contributed by atoms with Crippen molar-refractivity contribution in [3.05, 3.63) is 48.0 Å². The number of nitrogen functional groups attached to an aromatic ring is 1. The molecule has 38 heavy (non-hydrogen) atoms. The molecule has 2 atom stereocenters. The number of amides is 1. The molecule has 206 valence electrons. The second-order valence-corrected chi connectivity index (χ2v) is 11.6. The average Bonchev–Trinajstić information content (AvgIpc) is 3.52. The number of nitrogens with one attached hydrogen (secondary N) is 1. The lowest BCUT2D eigenvalue weighted by Gasteiger charge is -2.26. The Morgan fingerprint density at radius 2 is 2.11 bits per heavy atom. The van der Waals surface area contributed by atoms with Crippen LogP contribution < -0.4 is 15.4 Å². The number of aliphatic hydroxyl groups is 1. The predicted octanol–water partition coefficient (Wildman–Crippen LogP) is 3.07. The maximum atomic E-state index is 13.7. The molecule has 0 aliphatic carbocycles. The number of carbonyl (C=O) groups excluding carboxylic acids is 1. The summed E-state index contributed by atoms with van der Waals surface area (Å²) in [4.78, 5) is 16.0. The normalized spacial score (nSPS) is 16.6. The van der Waals surface area contributed by atoms with E-state index in [1.54, 1.807) is 24.3 Å². The van der Waals surface area contributed by atoms with Crippen molar-refractivity contribution in [2.24, 2.45) is 5.92 Å². The fraction of sp³-hybridized carbons (Fsp3) is 0.462. The number of anilines is 2. The SMILES string of the molecule is CC(C)CN(c1cccc(CCC(O)CNC(=O)OC2CCOC2)c1)S(=O)(=O)c1ccc2nc(N)oc2c1. The summed E-state index contributed by atoms with van der Waals surface area (Å²) in [6, 6.07) is 11.7. The summed E-state index contributed by atoms with van der Waals surface area (Å²) in [6.07, 6.45) is -0.0996. The van der Waals surface area contributed by atoms with E-state index >= 15 is 0 Å². The van der Waals surface area contributed by atoms with Crippen molar-refractivity contribution >= 4 is 38.9 Å². The van der Waals surface area contributed by atoms with E-state index in [1.807, 2.05) is 19.9 Å². The molecule has 1 amide bonds. The first-order chi connectivity index (χ1) is 18.1. The van der Waals surface area contributed by atoms with Crippen LogP contribution in [0.3, 0.4) is 0 Å². The maximum Gasteiger partial charge on any atom is 0.407 e. The molecule has 2 unspecified atom stereocenters. The Bertz CT molecular complexity index is 1350. The minimum Gasteiger partial charge on any atom is -0.444 e. The standard InChI is InChI=1S/C26H34N4O7S/c1-17(2)15-30(38(33,34)22-8-9-23-24(13-22)37-25(27)29-23)19-5-3-4-18(12-19)6-7-20(31)14-28-26(32)36-21-10-11-35-16-21/h3-5,8-9,12-13,17,20-21,31H,6-7,10-11,14-16H2,1-2H3,(H2,27,29)(H,28,32). The fourth-order valence-corrected chi connectivity index (χ4v) is 5.82. The minimum absolute atomic E-state index is 0.0287. The van der Waals surface area contributed by atoms with E-state index in [2.05, 4.69) is 10.3 Å². The van der Waals surface area contributed by atoms with Gasteiger partial charge in [-0.25, -0.2) is 13.2 Å². The van der Waals surface area contributed by atoms with Crippen molar-refractivity contribution in [1.82, 2.24) is 10.3 Å². The zero-order valence-electron chi connectivity index (χ0n) is 21.5. The Labute approximate surface area is 222 Å². The molecule has 2 aromatic carbocycles. The van der Waals surface area contributed by atoms with E-state index in [0.717, 1.165) is 5.56 Å². The van der Waals surface area contributed by atoms with Crippen LogP contribution in [0.25, 0.3) is 11.1 Å². The Balaban J connectivity index is 1.43. The van der Waals surface area contributed by atoms with Gasteiger partial charge in [-0.15, -0.1) is 0 Å². The van der Waals surface area contributed by atoms with Gasteiger partial charge in [-0.3, -0.25) is 4.31 Å². The second kappa shape index (κ2) is 12.0. The van der Waals surface area contributed by atoms with Crippen molar-refractivity contribution in [3.63, 3.8) is 0 Å². The van der Waals surface area contributed by atoms with Crippen LogP contribution in [0.4, 0.5) is 16.5 Å². The van der Waals surface area contributed by atoms with Crippen LogP contribution in [0.2, 0.25) is 0 Å². The summed E-state index contributed by atoms with van der Waals surface area (Å²) in [7, 11) is -3.92. The molecule has 1 aliphatic rings. The predicted molar refractivity (Wildman–Crippen MR) is 142 cm³/mol. The molecule has 11 nitrogen and oxygen atoms in total. The van der Waals surface area contributed by atoms with Gasteiger partial charge in [-0.2, -0.15) is 4.98 Å². The number of nitrogens with two attached hydrogens (primary N) is 1. The van der Waals surface area contributed by atoms with Crippen LogP contribution in [0, 0.1) is 5.92 Å². The lowest BCUT2D eigenvalue weighted by molar-refractivity contribution is 0.0781. The lowest BCUT2D eigenvalue weighted by Crippen LogP contribution is -2.35. The molecule has 2 heterocycles. The van der Waals surface area contributed by atoms with Crippen molar-refractivity contribution in [2.75, 3.05) is 36.3 Å².